The Bertz CT molecular complexity index is 521. The second kappa shape index (κ2) is 5.63. The van der Waals surface area contributed by atoms with Crippen LogP contribution in [0.15, 0.2) is 22.6 Å². The second-order valence-electron chi connectivity index (χ2n) is 4.87. The molecular formula is C12H13ClF3NOS. The number of hydrogen-bond donors (Lipinski definition) is 0. The Balaban J connectivity index is 3.07. The predicted molar refractivity (Wildman–Crippen MR) is 71.9 cm³/mol. The predicted octanol–water partition coefficient (Wildman–Crippen LogP) is 4.24. The Kier molecular flexibility index (Phi) is 4.79. The number of nitrogens with zero attached hydrogens (tertiary/aromatic N) is 1. The summed E-state index contributed by atoms with van der Waals surface area (Å²) in [7, 11) is -1.53. The molecule has 0 heterocycles. The Labute approximate surface area is 117 Å². The standard InChI is InChI=1S/C12H13ClF3NOS/c1-11(2,3)19(18)17-7-8-4-9(12(14,15)16)6-10(13)5-8/h4-7H,1-3H3/b17-7+/t19-/m1/s1. The molecule has 1 aromatic rings. The lowest BCUT2D eigenvalue weighted by Crippen LogP contribution is -2.19. The van der Waals surface area contributed by atoms with Gasteiger partial charge in [0.2, 0.25) is 0 Å². The van der Waals surface area contributed by atoms with Gasteiger partial charge in [-0.05, 0) is 44.5 Å². The molecule has 0 aliphatic heterocycles. The van der Waals surface area contributed by atoms with Gasteiger partial charge in [0.1, 0.15) is 11.0 Å². The van der Waals surface area contributed by atoms with Crippen LogP contribution >= 0.6 is 11.6 Å². The van der Waals surface area contributed by atoms with Crippen molar-refractivity contribution in [1.29, 1.82) is 0 Å². The highest BCUT2D eigenvalue weighted by Gasteiger charge is 2.31. The smallest absolute Gasteiger partial charge is 0.234 e. The first-order valence-electron chi connectivity index (χ1n) is 5.34. The lowest BCUT2D eigenvalue weighted by Gasteiger charge is -2.13. The lowest BCUT2D eigenvalue weighted by atomic mass is 10.1. The summed E-state index contributed by atoms with van der Waals surface area (Å²) >= 11 is 5.62. The van der Waals surface area contributed by atoms with E-state index in [-0.39, 0.29) is 10.6 Å². The van der Waals surface area contributed by atoms with Crippen molar-refractivity contribution < 1.29 is 17.4 Å². The van der Waals surface area contributed by atoms with Crippen LogP contribution in [-0.2, 0) is 17.2 Å². The van der Waals surface area contributed by atoms with Crippen LogP contribution in [-0.4, -0.2) is 15.2 Å². The van der Waals surface area contributed by atoms with Gasteiger partial charge in [-0.3, -0.25) is 0 Å². The maximum Gasteiger partial charge on any atom is 0.416 e. The molecule has 0 amide bonds. The van der Waals surface area contributed by atoms with Crippen molar-refractivity contribution >= 4 is 28.8 Å². The van der Waals surface area contributed by atoms with Crippen LogP contribution in [0.1, 0.15) is 31.9 Å². The topological polar surface area (TPSA) is 29.4 Å². The average Bonchev–Trinajstić information content (AvgIpc) is 2.22. The first-order chi connectivity index (χ1) is 8.50. The summed E-state index contributed by atoms with van der Waals surface area (Å²) in [6.07, 6.45) is -3.33. The van der Waals surface area contributed by atoms with E-state index in [0.29, 0.717) is 0 Å². The zero-order valence-corrected chi connectivity index (χ0v) is 12.2. The maximum absolute atomic E-state index is 12.6. The summed E-state index contributed by atoms with van der Waals surface area (Å²) < 4.78 is 52.6. The van der Waals surface area contributed by atoms with E-state index < -0.39 is 27.5 Å². The van der Waals surface area contributed by atoms with E-state index in [1.165, 1.54) is 6.07 Å². The van der Waals surface area contributed by atoms with Crippen molar-refractivity contribution in [1.82, 2.24) is 0 Å². The third-order valence-electron chi connectivity index (χ3n) is 2.07. The summed E-state index contributed by atoms with van der Waals surface area (Å²) in [6.45, 7) is 5.17. The number of hydrogen-bond acceptors (Lipinski definition) is 1. The quantitative estimate of drug-likeness (QED) is 0.751. The fourth-order valence-corrected chi connectivity index (χ4v) is 1.89. The van der Waals surface area contributed by atoms with Crippen molar-refractivity contribution in [3.05, 3.63) is 34.3 Å². The van der Waals surface area contributed by atoms with E-state index in [0.717, 1.165) is 18.3 Å². The van der Waals surface area contributed by atoms with Crippen LogP contribution in [0.25, 0.3) is 0 Å². The molecule has 0 fully saturated rings. The maximum atomic E-state index is 12.6. The van der Waals surface area contributed by atoms with Gasteiger partial charge < -0.3 is 0 Å². The Morgan fingerprint density at radius 2 is 1.79 bits per heavy atom. The molecule has 0 aromatic heterocycles. The highest BCUT2D eigenvalue weighted by atomic mass is 35.5. The Morgan fingerprint density at radius 1 is 1.21 bits per heavy atom. The first-order valence-corrected chi connectivity index (χ1v) is 6.82. The zero-order valence-electron chi connectivity index (χ0n) is 10.6. The molecule has 0 spiro atoms. The van der Waals surface area contributed by atoms with Crippen molar-refractivity contribution in [3.63, 3.8) is 0 Å². The highest BCUT2D eigenvalue weighted by molar-refractivity contribution is 7.85. The summed E-state index contributed by atoms with van der Waals surface area (Å²) in [5.41, 5.74) is -0.694. The molecule has 106 valence electrons. The molecule has 0 N–H and O–H groups in total. The SMILES string of the molecule is CC(C)(C)[S@@](=O)/N=C/c1cc(Cl)cc(C(F)(F)F)c1. The molecular weight excluding hydrogens is 299 g/mol. The van der Waals surface area contributed by atoms with Crippen molar-refractivity contribution in [2.24, 2.45) is 4.40 Å². The van der Waals surface area contributed by atoms with E-state index in [4.69, 9.17) is 11.6 Å². The minimum absolute atomic E-state index is 0.0437. The van der Waals surface area contributed by atoms with Crippen LogP contribution in [0.2, 0.25) is 5.02 Å². The number of rotatable bonds is 2. The van der Waals surface area contributed by atoms with Crippen LogP contribution in [0.4, 0.5) is 13.2 Å². The molecule has 1 aromatic carbocycles. The Hall–Kier alpha value is -0.880. The van der Waals surface area contributed by atoms with Gasteiger partial charge in [-0.2, -0.15) is 17.6 Å². The van der Waals surface area contributed by atoms with Crippen molar-refractivity contribution in [2.75, 3.05) is 0 Å². The van der Waals surface area contributed by atoms with E-state index in [1.54, 1.807) is 20.8 Å². The molecule has 0 radical (unpaired) electrons. The number of halogens is 4. The third-order valence-corrected chi connectivity index (χ3v) is 3.63. The van der Waals surface area contributed by atoms with Gasteiger partial charge in [0.05, 0.1) is 10.3 Å². The highest BCUT2D eigenvalue weighted by Crippen LogP contribution is 2.31. The van der Waals surface area contributed by atoms with Gasteiger partial charge in [-0.1, -0.05) is 11.6 Å². The van der Waals surface area contributed by atoms with Crippen molar-refractivity contribution in [3.8, 4) is 0 Å². The largest absolute Gasteiger partial charge is 0.416 e. The second-order valence-corrected chi connectivity index (χ2v) is 7.24. The number of benzene rings is 1. The lowest BCUT2D eigenvalue weighted by molar-refractivity contribution is -0.137. The normalized spacial score (nSPS) is 14.9. The summed E-state index contributed by atoms with van der Waals surface area (Å²) in [6, 6.07) is 3.08. The van der Waals surface area contributed by atoms with Crippen LogP contribution in [0.5, 0.6) is 0 Å². The fourth-order valence-electron chi connectivity index (χ4n) is 1.12. The molecule has 19 heavy (non-hydrogen) atoms. The molecule has 0 saturated heterocycles. The van der Waals surface area contributed by atoms with E-state index in [9.17, 15) is 17.4 Å². The molecule has 1 rings (SSSR count). The van der Waals surface area contributed by atoms with Gasteiger partial charge in [0.15, 0.2) is 0 Å². The molecule has 7 heteroatoms. The fraction of sp³-hybridized carbons (Fsp3) is 0.417. The molecule has 1 atom stereocenters. The van der Waals surface area contributed by atoms with Gasteiger partial charge in [0.25, 0.3) is 0 Å². The van der Waals surface area contributed by atoms with Crippen LogP contribution < -0.4 is 0 Å². The number of alkyl halides is 3. The molecule has 0 saturated carbocycles. The summed E-state index contributed by atoms with van der Waals surface area (Å²) in [5, 5.41) is -0.0437. The monoisotopic (exact) mass is 311 g/mol. The Morgan fingerprint density at radius 3 is 2.26 bits per heavy atom. The molecule has 0 bridgehead atoms. The third kappa shape index (κ3) is 4.95. The first kappa shape index (κ1) is 16.2. The van der Waals surface area contributed by atoms with Crippen molar-refractivity contribution in [2.45, 2.75) is 31.7 Å². The minimum atomic E-state index is -4.48. The van der Waals surface area contributed by atoms with E-state index >= 15 is 0 Å². The minimum Gasteiger partial charge on any atom is -0.234 e. The van der Waals surface area contributed by atoms with Gasteiger partial charge >= 0.3 is 6.18 Å². The van der Waals surface area contributed by atoms with Crippen LogP contribution in [0, 0.1) is 0 Å². The van der Waals surface area contributed by atoms with Gasteiger partial charge in [-0.25, -0.2) is 4.21 Å². The summed E-state index contributed by atoms with van der Waals surface area (Å²) in [4.78, 5) is 0. The molecule has 0 unspecified atom stereocenters. The molecule has 2 nitrogen and oxygen atoms in total. The van der Waals surface area contributed by atoms with E-state index in [2.05, 4.69) is 4.40 Å². The molecule has 0 aliphatic carbocycles. The van der Waals surface area contributed by atoms with Gasteiger partial charge in [0, 0.05) is 11.2 Å². The van der Waals surface area contributed by atoms with Gasteiger partial charge in [-0.15, -0.1) is 0 Å². The van der Waals surface area contributed by atoms with Crippen LogP contribution in [0.3, 0.4) is 0 Å². The zero-order chi connectivity index (χ0) is 14.8. The van der Waals surface area contributed by atoms with E-state index in [1.807, 2.05) is 0 Å². The average molecular weight is 312 g/mol. The summed E-state index contributed by atoms with van der Waals surface area (Å²) in [5.74, 6) is 0. The molecule has 0 aliphatic rings.